The van der Waals surface area contributed by atoms with Crippen LogP contribution >= 0.6 is 0 Å². The summed E-state index contributed by atoms with van der Waals surface area (Å²) in [7, 11) is 0. The van der Waals surface area contributed by atoms with Crippen molar-refractivity contribution >= 4 is 0 Å². The average Bonchev–Trinajstić information content (AvgIpc) is 2.63. The first kappa shape index (κ1) is 10.8. The van der Waals surface area contributed by atoms with E-state index in [-0.39, 0.29) is 6.61 Å². The third kappa shape index (κ3) is 0.932. The van der Waals surface area contributed by atoms with Crippen molar-refractivity contribution in [3.63, 3.8) is 0 Å². The van der Waals surface area contributed by atoms with E-state index in [0.29, 0.717) is 22.2 Å². The summed E-state index contributed by atoms with van der Waals surface area (Å²) in [6, 6.07) is 0. The molecule has 0 radical (unpaired) electrons. The molecule has 3 aliphatic rings. The fourth-order valence-electron chi connectivity index (χ4n) is 5.34. The predicted molar refractivity (Wildman–Crippen MR) is 66.1 cm³/mol. The Labute approximate surface area is 98.9 Å². The molecule has 4 atom stereocenters. The van der Waals surface area contributed by atoms with Gasteiger partial charge in [0.2, 0.25) is 0 Å². The fraction of sp³-hybridized carbons (Fsp3) is 0.867. The van der Waals surface area contributed by atoms with E-state index in [1.54, 1.807) is 0 Å². The molecule has 2 saturated carbocycles. The van der Waals surface area contributed by atoms with Gasteiger partial charge in [-0.2, -0.15) is 0 Å². The van der Waals surface area contributed by atoms with E-state index in [9.17, 15) is 5.11 Å². The van der Waals surface area contributed by atoms with Crippen LogP contribution in [-0.2, 0) is 0 Å². The molecule has 0 spiro atoms. The standard InChI is InChI=1S/C15H24O/c1-13-8-5-11(10-16)12(9-13)14(2)6-4-7-15(13,14)3/h5,12,16H,4,6-10H2,1-3H3/t12-,13-,14+,15-/m1/s1. The van der Waals surface area contributed by atoms with E-state index < -0.39 is 0 Å². The van der Waals surface area contributed by atoms with E-state index >= 15 is 0 Å². The summed E-state index contributed by atoms with van der Waals surface area (Å²) >= 11 is 0. The topological polar surface area (TPSA) is 20.2 Å². The third-order valence-electron chi connectivity index (χ3n) is 6.83. The molecule has 3 aliphatic carbocycles. The lowest BCUT2D eigenvalue weighted by molar-refractivity contribution is 0.0350. The normalized spacial score (nSPS) is 55.0. The second-order valence-corrected chi connectivity index (χ2v) is 7.06. The second-order valence-electron chi connectivity index (χ2n) is 7.06. The number of rotatable bonds is 1. The van der Waals surface area contributed by atoms with Crippen LogP contribution in [0.3, 0.4) is 0 Å². The van der Waals surface area contributed by atoms with E-state index in [4.69, 9.17) is 0 Å². The van der Waals surface area contributed by atoms with E-state index in [1.807, 2.05) is 0 Å². The Morgan fingerprint density at radius 2 is 2.06 bits per heavy atom. The summed E-state index contributed by atoms with van der Waals surface area (Å²) in [6.07, 6.45) is 8.99. The third-order valence-corrected chi connectivity index (χ3v) is 6.83. The molecule has 0 aliphatic heterocycles. The molecule has 0 aromatic heterocycles. The Morgan fingerprint density at radius 1 is 1.31 bits per heavy atom. The maximum absolute atomic E-state index is 9.55. The summed E-state index contributed by atoms with van der Waals surface area (Å²) in [5.41, 5.74) is 2.78. The van der Waals surface area contributed by atoms with Gasteiger partial charge in [0.05, 0.1) is 6.61 Å². The van der Waals surface area contributed by atoms with Gasteiger partial charge in [0.15, 0.2) is 0 Å². The van der Waals surface area contributed by atoms with Gasteiger partial charge in [-0.1, -0.05) is 33.3 Å². The summed E-state index contributed by atoms with van der Waals surface area (Å²) in [6.45, 7) is 7.78. The lowest BCUT2D eigenvalue weighted by atomic mass is 9.59. The van der Waals surface area contributed by atoms with Crippen molar-refractivity contribution < 1.29 is 5.11 Å². The van der Waals surface area contributed by atoms with Gasteiger partial charge in [-0.05, 0) is 53.4 Å². The number of allylic oxidation sites excluding steroid dienone is 1. The highest BCUT2D eigenvalue weighted by molar-refractivity contribution is 5.29. The first-order chi connectivity index (χ1) is 7.47. The highest BCUT2D eigenvalue weighted by atomic mass is 16.3. The van der Waals surface area contributed by atoms with Crippen LogP contribution in [0.25, 0.3) is 0 Å². The molecule has 0 aromatic rings. The zero-order valence-electron chi connectivity index (χ0n) is 10.8. The second kappa shape index (κ2) is 2.93. The largest absolute Gasteiger partial charge is 0.392 e. The quantitative estimate of drug-likeness (QED) is 0.670. The van der Waals surface area contributed by atoms with Gasteiger partial charge < -0.3 is 5.11 Å². The maximum atomic E-state index is 9.55. The van der Waals surface area contributed by atoms with Gasteiger partial charge in [0.25, 0.3) is 0 Å². The highest BCUT2D eigenvalue weighted by Crippen LogP contribution is 2.75. The molecule has 0 unspecified atom stereocenters. The minimum atomic E-state index is 0.284. The first-order valence-electron chi connectivity index (χ1n) is 6.77. The number of aliphatic hydroxyl groups is 1. The molecule has 0 saturated heterocycles. The van der Waals surface area contributed by atoms with Crippen molar-refractivity contribution in [1.29, 1.82) is 0 Å². The minimum Gasteiger partial charge on any atom is -0.392 e. The smallest absolute Gasteiger partial charge is 0.0644 e. The van der Waals surface area contributed by atoms with E-state index in [2.05, 4.69) is 26.8 Å². The summed E-state index contributed by atoms with van der Waals surface area (Å²) in [4.78, 5) is 0. The van der Waals surface area contributed by atoms with Crippen LogP contribution in [0.1, 0.15) is 52.9 Å². The number of fused-ring (bicyclic) bond motifs is 5. The van der Waals surface area contributed by atoms with Crippen LogP contribution in [0.4, 0.5) is 0 Å². The van der Waals surface area contributed by atoms with Gasteiger partial charge in [0.1, 0.15) is 0 Å². The molecular weight excluding hydrogens is 196 g/mol. The number of hydrogen-bond acceptors (Lipinski definition) is 1. The Kier molecular flexibility index (Phi) is 1.98. The SMILES string of the molecule is C[C@@]12CC=C(CO)[C@@H](C1)[C@]1(C)CCC[C@]21C. The van der Waals surface area contributed by atoms with Gasteiger partial charge in [-0.25, -0.2) is 0 Å². The minimum absolute atomic E-state index is 0.284. The Bertz CT molecular complexity index is 358. The zero-order valence-corrected chi connectivity index (χ0v) is 10.8. The number of aliphatic hydroxyl groups excluding tert-OH is 1. The van der Waals surface area contributed by atoms with Crippen LogP contribution in [0.5, 0.6) is 0 Å². The Balaban J connectivity index is 2.13. The summed E-state index contributed by atoms with van der Waals surface area (Å²) in [5.74, 6) is 0.656. The molecule has 2 bridgehead atoms. The van der Waals surface area contributed by atoms with Crippen LogP contribution in [0.15, 0.2) is 11.6 Å². The van der Waals surface area contributed by atoms with Gasteiger partial charge in [-0.15, -0.1) is 0 Å². The maximum Gasteiger partial charge on any atom is 0.0644 e. The summed E-state index contributed by atoms with van der Waals surface area (Å²) in [5, 5.41) is 9.55. The predicted octanol–water partition coefficient (Wildman–Crippen LogP) is 3.53. The van der Waals surface area contributed by atoms with E-state index in [0.717, 1.165) is 0 Å². The Morgan fingerprint density at radius 3 is 2.75 bits per heavy atom. The molecule has 0 amide bonds. The molecule has 0 heterocycles. The van der Waals surface area contributed by atoms with E-state index in [1.165, 1.54) is 37.7 Å². The van der Waals surface area contributed by atoms with Crippen molar-refractivity contribution in [2.45, 2.75) is 52.9 Å². The van der Waals surface area contributed by atoms with Crippen LogP contribution in [0, 0.1) is 22.2 Å². The van der Waals surface area contributed by atoms with Crippen molar-refractivity contribution in [1.82, 2.24) is 0 Å². The van der Waals surface area contributed by atoms with Gasteiger partial charge >= 0.3 is 0 Å². The van der Waals surface area contributed by atoms with Gasteiger partial charge in [0, 0.05) is 0 Å². The molecule has 0 aromatic carbocycles. The van der Waals surface area contributed by atoms with Crippen molar-refractivity contribution in [2.24, 2.45) is 22.2 Å². The molecule has 1 N–H and O–H groups in total. The van der Waals surface area contributed by atoms with Gasteiger partial charge in [-0.3, -0.25) is 0 Å². The van der Waals surface area contributed by atoms with Crippen molar-refractivity contribution in [3.05, 3.63) is 11.6 Å². The molecule has 16 heavy (non-hydrogen) atoms. The molecular formula is C15H24O. The molecule has 1 heteroatoms. The first-order valence-corrected chi connectivity index (χ1v) is 6.77. The van der Waals surface area contributed by atoms with Crippen LogP contribution in [-0.4, -0.2) is 11.7 Å². The van der Waals surface area contributed by atoms with Crippen molar-refractivity contribution in [3.8, 4) is 0 Å². The Hall–Kier alpha value is -0.300. The monoisotopic (exact) mass is 220 g/mol. The molecule has 1 nitrogen and oxygen atoms in total. The molecule has 90 valence electrons. The van der Waals surface area contributed by atoms with Crippen LogP contribution < -0.4 is 0 Å². The summed E-state index contributed by atoms with van der Waals surface area (Å²) < 4.78 is 0. The molecule has 3 rings (SSSR count). The number of hydrogen-bond donors (Lipinski definition) is 1. The average molecular weight is 220 g/mol. The van der Waals surface area contributed by atoms with Crippen LogP contribution in [0.2, 0.25) is 0 Å². The fourth-order valence-corrected chi connectivity index (χ4v) is 5.34. The lowest BCUT2D eigenvalue weighted by Crippen LogP contribution is -2.38. The molecule has 2 fully saturated rings. The van der Waals surface area contributed by atoms with Crippen molar-refractivity contribution in [2.75, 3.05) is 6.61 Å². The highest BCUT2D eigenvalue weighted by Gasteiger charge is 2.67. The lowest BCUT2D eigenvalue weighted by Gasteiger charge is -2.45. The zero-order chi connectivity index (χ0) is 11.6.